The van der Waals surface area contributed by atoms with Gasteiger partial charge in [0.15, 0.2) is 0 Å². The zero-order chi connectivity index (χ0) is 12.4. The van der Waals surface area contributed by atoms with Gasteiger partial charge in [-0.05, 0) is 35.4 Å². The lowest BCUT2D eigenvalue weighted by Crippen LogP contribution is -2.21. The van der Waals surface area contributed by atoms with Crippen LogP contribution in [0.15, 0.2) is 48.8 Å². The van der Waals surface area contributed by atoms with E-state index < -0.39 is 0 Å². The molecule has 1 fully saturated rings. The van der Waals surface area contributed by atoms with Gasteiger partial charge in [0.2, 0.25) is 0 Å². The Hall–Kier alpha value is -2.20. The smallest absolute Gasteiger partial charge is 0.253 e. The second-order valence-corrected chi connectivity index (χ2v) is 4.05. The number of hydrogen-bond acceptors (Lipinski definition) is 3. The van der Waals surface area contributed by atoms with Crippen LogP contribution >= 0.6 is 0 Å². The lowest BCUT2D eigenvalue weighted by Gasteiger charge is -2.14. The van der Waals surface area contributed by atoms with Gasteiger partial charge in [0.1, 0.15) is 0 Å². The van der Waals surface area contributed by atoms with Gasteiger partial charge in [-0.3, -0.25) is 14.6 Å². The maximum Gasteiger partial charge on any atom is 0.253 e. The maximum absolute atomic E-state index is 11.5. The van der Waals surface area contributed by atoms with Crippen molar-refractivity contribution in [1.82, 2.24) is 4.98 Å². The van der Waals surface area contributed by atoms with Gasteiger partial charge < -0.3 is 0 Å². The Morgan fingerprint density at radius 1 is 1.00 bits per heavy atom. The molecule has 0 radical (unpaired) electrons. The number of hydroxylamine groups is 1. The quantitative estimate of drug-likeness (QED) is 0.809. The van der Waals surface area contributed by atoms with E-state index in [1.807, 2.05) is 36.4 Å². The van der Waals surface area contributed by atoms with Gasteiger partial charge >= 0.3 is 0 Å². The molecule has 0 N–H and O–H groups in total. The fourth-order valence-corrected chi connectivity index (χ4v) is 1.95. The number of hydrogen-bond donors (Lipinski definition) is 0. The van der Waals surface area contributed by atoms with Gasteiger partial charge in [0, 0.05) is 12.4 Å². The van der Waals surface area contributed by atoms with Crippen molar-refractivity contribution in [2.24, 2.45) is 0 Å². The second-order valence-electron chi connectivity index (χ2n) is 4.05. The van der Waals surface area contributed by atoms with E-state index in [2.05, 4.69) is 4.98 Å². The normalized spacial score (nSPS) is 15.1. The molecule has 0 saturated carbocycles. The van der Waals surface area contributed by atoms with Crippen LogP contribution in [-0.2, 0) is 9.63 Å². The van der Waals surface area contributed by atoms with Crippen molar-refractivity contribution < 1.29 is 9.63 Å². The maximum atomic E-state index is 11.5. The molecule has 4 nitrogen and oxygen atoms in total. The summed E-state index contributed by atoms with van der Waals surface area (Å²) in [6, 6.07) is 11.6. The van der Waals surface area contributed by atoms with Crippen molar-refractivity contribution in [1.29, 1.82) is 0 Å². The van der Waals surface area contributed by atoms with Crippen molar-refractivity contribution in [3.63, 3.8) is 0 Å². The van der Waals surface area contributed by atoms with E-state index >= 15 is 0 Å². The number of aromatic nitrogens is 1. The monoisotopic (exact) mass is 240 g/mol. The molecule has 90 valence electrons. The molecule has 1 aromatic heterocycles. The third-order valence-electron chi connectivity index (χ3n) is 2.88. The molecule has 3 rings (SSSR count). The van der Waals surface area contributed by atoms with Gasteiger partial charge in [-0.2, -0.15) is 5.06 Å². The Bertz CT molecular complexity index is 552. The minimum Gasteiger partial charge on any atom is -0.272 e. The first-order valence-corrected chi connectivity index (χ1v) is 5.81. The molecule has 0 bridgehead atoms. The molecule has 1 amide bonds. The number of rotatable bonds is 2. The lowest BCUT2D eigenvalue weighted by atomic mass is 10.1. The van der Waals surface area contributed by atoms with Crippen molar-refractivity contribution >= 4 is 11.6 Å². The molecule has 0 spiro atoms. The minimum atomic E-state index is 0.00617. The summed E-state index contributed by atoms with van der Waals surface area (Å²) in [6.07, 6.45) is 3.97. The fourth-order valence-electron chi connectivity index (χ4n) is 1.95. The van der Waals surface area contributed by atoms with E-state index in [-0.39, 0.29) is 5.91 Å². The number of anilines is 1. The molecule has 2 aromatic rings. The number of carbonyl (C=O) groups excluding carboxylic acids is 1. The number of carbonyl (C=O) groups is 1. The van der Waals surface area contributed by atoms with Crippen LogP contribution in [-0.4, -0.2) is 17.5 Å². The Morgan fingerprint density at radius 3 is 2.28 bits per heavy atom. The van der Waals surface area contributed by atoms with Crippen molar-refractivity contribution in [3.05, 3.63) is 48.8 Å². The van der Waals surface area contributed by atoms with E-state index in [0.29, 0.717) is 13.0 Å². The topological polar surface area (TPSA) is 42.4 Å². The predicted octanol–water partition coefficient (Wildman–Crippen LogP) is 2.42. The predicted molar refractivity (Wildman–Crippen MR) is 67.7 cm³/mol. The number of benzene rings is 1. The number of nitrogens with zero attached hydrogens (tertiary/aromatic N) is 2. The van der Waals surface area contributed by atoms with E-state index in [1.54, 1.807) is 12.4 Å². The minimum absolute atomic E-state index is 0.00617. The third-order valence-corrected chi connectivity index (χ3v) is 2.88. The van der Waals surface area contributed by atoms with Gasteiger partial charge in [0.25, 0.3) is 5.91 Å². The van der Waals surface area contributed by atoms with Crippen molar-refractivity contribution in [2.75, 3.05) is 11.7 Å². The SMILES string of the molecule is O=C1CCON1c1ccc(-c2ccncc2)cc1. The van der Waals surface area contributed by atoms with Crippen molar-refractivity contribution in [3.8, 4) is 11.1 Å². The molecule has 1 aliphatic rings. The summed E-state index contributed by atoms with van der Waals surface area (Å²) in [6.45, 7) is 0.463. The first-order chi connectivity index (χ1) is 8.84. The summed E-state index contributed by atoms with van der Waals surface area (Å²) in [5, 5.41) is 1.36. The summed E-state index contributed by atoms with van der Waals surface area (Å²) in [7, 11) is 0. The van der Waals surface area contributed by atoms with Crippen LogP contribution in [0.2, 0.25) is 0 Å². The molecule has 0 aliphatic carbocycles. The molecule has 1 aromatic carbocycles. The molecule has 0 atom stereocenters. The largest absolute Gasteiger partial charge is 0.272 e. The Morgan fingerprint density at radius 2 is 1.67 bits per heavy atom. The summed E-state index contributed by atoms with van der Waals surface area (Å²) < 4.78 is 0. The Balaban J connectivity index is 1.87. The average Bonchev–Trinajstić information content (AvgIpc) is 2.86. The Kier molecular flexibility index (Phi) is 2.78. The molecular formula is C14H12N2O2. The molecule has 0 unspecified atom stereocenters. The van der Waals surface area contributed by atoms with Gasteiger partial charge in [0.05, 0.1) is 18.7 Å². The number of pyridine rings is 1. The fraction of sp³-hybridized carbons (Fsp3) is 0.143. The molecule has 4 heteroatoms. The van der Waals surface area contributed by atoms with Crippen LogP contribution < -0.4 is 5.06 Å². The van der Waals surface area contributed by atoms with Crippen LogP contribution in [0.1, 0.15) is 6.42 Å². The molecule has 1 aliphatic heterocycles. The van der Waals surface area contributed by atoms with Crippen LogP contribution in [0.5, 0.6) is 0 Å². The van der Waals surface area contributed by atoms with E-state index in [0.717, 1.165) is 16.8 Å². The highest BCUT2D eigenvalue weighted by molar-refractivity contribution is 5.93. The van der Waals surface area contributed by atoms with Gasteiger partial charge in [-0.1, -0.05) is 12.1 Å². The van der Waals surface area contributed by atoms with E-state index in [9.17, 15) is 4.79 Å². The summed E-state index contributed by atoms with van der Waals surface area (Å²) in [5.41, 5.74) is 2.97. The summed E-state index contributed by atoms with van der Waals surface area (Å²) in [5.74, 6) is 0.00617. The van der Waals surface area contributed by atoms with Crippen LogP contribution in [0.4, 0.5) is 5.69 Å². The molecular weight excluding hydrogens is 228 g/mol. The Labute approximate surface area is 105 Å². The highest BCUT2D eigenvalue weighted by Gasteiger charge is 2.22. The molecule has 2 heterocycles. The summed E-state index contributed by atoms with van der Waals surface area (Å²) >= 11 is 0. The highest BCUT2D eigenvalue weighted by Crippen LogP contribution is 2.24. The van der Waals surface area contributed by atoms with Crippen LogP contribution in [0.3, 0.4) is 0 Å². The highest BCUT2D eigenvalue weighted by atomic mass is 16.7. The first-order valence-electron chi connectivity index (χ1n) is 5.81. The second kappa shape index (κ2) is 4.58. The number of amides is 1. The molecule has 18 heavy (non-hydrogen) atoms. The van der Waals surface area contributed by atoms with Crippen LogP contribution in [0, 0.1) is 0 Å². The van der Waals surface area contributed by atoms with E-state index in [4.69, 9.17) is 4.84 Å². The zero-order valence-electron chi connectivity index (χ0n) is 9.74. The van der Waals surface area contributed by atoms with Crippen LogP contribution in [0.25, 0.3) is 11.1 Å². The van der Waals surface area contributed by atoms with Crippen molar-refractivity contribution in [2.45, 2.75) is 6.42 Å². The average molecular weight is 240 g/mol. The molecule has 1 saturated heterocycles. The van der Waals surface area contributed by atoms with E-state index in [1.165, 1.54) is 5.06 Å². The first kappa shape index (κ1) is 10.9. The standard InChI is InChI=1S/C14H12N2O2/c17-14-7-10-18-16(14)13-3-1-11(2-4-13)12-5-8-15-9-6-12/h1-6,8-9H,7,10H2. The summed E-state index contributed by atoms with van der Waals surface area (Å²) in [4.78, 5) is 20.8. The zero-order valence-corrected chi connectivity index (χ0v) is 9.74. The lowest BCUT2D eigenvalue weighted by molar-refractivity contribution is -0.119. The third kappa shape index (κ3) is 1.98. The van der Waals surface area contributed by atoms with Gasteiger partial charge in [-0.25, -0.2) is 0 Å². The van der Waals surface area contributed by atoms with Gasteiger partial charge in [-0.15, -0.1) is 0 Å².